The van der Waals surface area contributed by atoms with E-state index in [1.165, 1.54) is 13.2 Å². The molecule has 2 aromatic carbocycles. The van der Waals surface area contributed by atoms with Crippen molar-refractivity contribution in [3.8, 4) is 5.75 Å². The number of sulfone groups is 1. The van der Waals surface area contributed by atoms with Gasteiger partial charge in [-0.1, -0.05) is 17.7 Å². The lowest BCUT2D eigenvalue weighted by Crippen LogP contribution is -2.30. The molecular weight excluding hydrogens is 587 g/mol. The summed E-state index contributed by atoms with van der Waals surface area (Å²) in [6, 6.07) is 11.6. The minimum atomic E-state index is -3.54. The number of nitrogens with zero attached hydrogens (tertiary/aromatic N) is 3. The van der Waals surface area contributed by atoms with Gasteiger partial charge >= 0.3 is 0 Å². The summed E-state index contributed by atoms with van der Waals surface area (Å²) >= 11 is 6.30. The number of rotatable bonds is 6. The van der Waals surface area contributed by atoms with E-state index in [9.17, 15) is 13.2 Å². The summed E-state index contributed by atoms with van der Waals surface area (Å²) in [5.41, 5.74) is 2.58. The molecule has 2 aliphatic rings. The third kappa shape index (κ3) is 5.38. The first kappa shape index (κ1) is 28.3. The van der Waals surface area contributed by atoms with Crippen LogP contribution in [0.4, 0.5) is 15.9 Å². The van der Waals surface area contributed by atoms with E-state index in [4.69, 9.17) is 30.8 Å². The Morgan fingerprint density at radius 1 is 1.19 bits per heavy atom. The maximum absolute atomic E-state index is 15.4. The molecule has 0 bridgehead atoms. The fraction of sp³-hybridized carbons (Fsp3) is 0.276. The number of ether oxygens (including phenoxy) is 3. The van der Waals surface area contributed by atoms with Gasteiger partial charge in [0, 0.05) is 29.8 Å². The number of halogens is 2. The van der Waals surface area contributed by atoms with E-state index in [1.54, 1.807) is 41.4 Å². The number of fused-ring (bicyclic) bond motifs is 3. The predicted molar refractivity (Wildman–Crippen MR) is 153 cm³/mol. The molecule has 2 aromatic heterocycles. The minimum Gasteiger partial charge on any atom is -0.489 e. The molecule has 0 unspecified atom stereocenters. The zero-order valence-electron chi connectivity index (χ0n) is 22.5. The summed E-state index contributed by atoms with van der Waals surface area (Å²) in [7, 11) is -2.04. The van der Waals surface area contributed by atoms with Crippen molar-refractivity contribution in [2.24, 2.45) is 0 Å². The van der Waals surface area contributed by atoms with Gasteiger partial charge in [0.05, 0.1) is 59.8 Å². The summed E-state index contributed by atoms with van der Waals surface area (Å²) in [4.78, 5) is 23.9. The first-order valence-corrected chi connectivity index (χ1v) is 15.2. The molecule has 1 N–H and O–H groups in total. The average molecular weight is 613 g/mol. The van der Waals surface area contributed by atoms with Crippen molar-refractivity contribution in [2.45, 2.75) is 24.7 Å². The Bertz CT molecular complexity index is 1820. The molecule has 0 saturated carbocycles. The van der Waals surface area contributed by atoms with Crippen molar-refractivity contribution in [3.63, 3.8) is 0 Å². The molecule has 0 radical (unpaired) electrons. The van der Waals surface area contributed by atoms with Gasteiger partial charge in [-0.05, 0) is 42.0 Å². The SMILES string of the molecule is COCc1cc2c(c(F)c1Cl)N(c1ccc3cnc(CNC(=O)c4ccc5c(c4)S(=O)(=O)CCOC5)cc3n1)CCO2. The summed E-state index contributed by atoms with van der Waals surface area (Å²) in [6.45, 7) is 1.20. The lowest BCUT2D eigenvalue weighted by Gasteiger charge is -2.31. The first-order chi connectivity index (χ1) is 20.2. The lowest BCUT2D eigenvalue weighted by atomic mass is 10.1. The van der Waals surface area contributed by atoms with Gasteiger partial charge in [-0.15, -0.1) is 0 Å². The number of pyridine rings is 2. The molecule has 1 amide bonds. The molecule has 6 rings (SSSR count). The van der Waals surface area contributed by atoms with E-state index in [1.807, 2.05) is 6.07 Å². The number of aromatic nitrogens is 2. The van der Waals surface area contributed by atoms with Gasteiger partial charge in [0.2, 0.25) is 0 Å². The monoisotopic (exact) mass is 612 g/mol. The van der Waals surface area contributed by atoms with E-state index in [0.717, 1.165) is 5.39 Å². The maximum atomic E-state index is 15.4. The number of carbonyl (C=O) groups is 1. The van der Waals surface area contributed by atoms with E-state index in [0.29, 0.717) is 47.1 Å². The number of methoxy groups -OCH3 is 1. The largest absolute Gasteiger partial charge is 0.489 e. The van der Waals surface area contributed by atoms with Crippen molar-refractivity contribution < 1.29 is 31.8 Å². The normalized spacial score (nSPS) is 15.8. The van der Waals surface area contributed by atoms with Gasteiger partial charge in [-0.3, -0.25) is 9.78 Å². The molecule has 218 valence electrons. The summed E-state index contributed by atoms with van der Waals surface area (Å²) in [5, 5.41) is 3.52. The molecule has 0 aliphatic carbocycles. The third-order valence-electron chi connectivity index (χ3n) is 7.10. The van der Waals surface area contributed by atoms with Crippen LogP contribution in [0.2, 0.25) is 5.02 Å². The lowest BCUT2D eigenvalue weighted by molar-refractivity contribution is 0.0950. The van der Waals surface area contributed by atoms with Crippen molar-refractivity contribution in [1.82, 2.24) is 15.3 Å². The van der Waals surface area contributed by atoms with Crippen LogP contribution in [0.25, 0.3) is 10.9 Å². The minimum absolute atomic E-state index is 0.0328. The summed E-state index contributed by atoms with van der Waals surface area (Å²) in [6.07, 6.45) is 1.64. The van der Waals surface area contributed by atoms with Crippen LogP contribution in [-0.4, -0.2) is 56.9 Å². The van der Waals surface area contributed by atoms with Gasteiger partial charge in [-0.25, -0.2) is 17.8 Å². The summed E-state index contributed by atoms with van der Waals surface area (Å²) in [5.74, 6) is -0.330. The van der Waals surface area contributed by atoms with Crippen molar-refractivity contribution >= 4 is 49.8 Å². The van der Waals surface area contributed by atoms with Gasteiger partial charge < -0.3 is 24.4 Å². The average Bonchev–Trinajstić information content (AvgIpc) is 3.15. The Balaban J connectivity index is 1.24. The second kappa shape index (κ2) is 11.4. The van der Waals surface area contributed by atoms with Crippen LogP contribution in [0.5, 0.6) is 5.75 Å². The van der Waals surface area contributed by atoms with E-state index in [2.05, 4.69) is 10.3 Å². The number of amides is 1. The zero-order valence-corrected chi connectivity index (χ0v) is 24.1. The van der Waals surface area contributed by atoms with Crippen LogP contribution in [0, 0.1) is 5.82 Å². The number of carbonyl (C=O) groups excluding carboxylic acids is 1. The fourth-order valence-corrected chi connectivity index (χ4v) is 6.57. The highest BCUT2D eigenvalue weighted by molar-refractivity contribution is 7.91. The highest BCUT2D eigenvalue weighted by Gasteiger charge is 2.28. The molecule has 42 heavy (non-hydrogen) atoms. The van der Waals surface area contributed by atoms with Gasteiger partial charge in [0.1, 0.15) is 23.9 Å². The van der Waals surface area contributed by atoms with Crippen LogP contribution in [-0.2, 0) is 39.1 Å². The van der Waals surface area contributed by atoms with Crippen molar-refractivity contribution in [2.75, 3.05) is 37.5 Å². The molecule has 0 saturated heterocycles. The second-order valence-corrected chi connectivity index (χ2v) is 12.3. The van der Waals surface area contributed by atoms with E-state index >= 15 is 4.39 Å². The zero-order chi connectivity index (χ0) is 29.4. The van der Waals surface area contributed by atoms with E-state index < -0.39 is 21.6 Å². The highest BCUT2D eigenvalue weighted by Crippen LogP contribution is 2.43. The number of benzene rings is 2. The molecule has 10 nitrogen and oxygen atoms in total. The molecule has 0 fully saturated rings. The Morgan fingerprint density at radius 3 is 2.88 bits per heavy atom. The predicted octanol–water partition coefficient (Wildman–Crippen LogP) is 4.33. The number of hydrogen-bond acceptors (Lipinski definition) is 9. The Hall–Kier alpha value is -3.84. The number of nitrogens with one attached hydrogen (secondary N) is 1. The van der Waals surface area contributed by atoms with Crippen LogP contribution < -0.4 is 15.0 Å². The van der Waals surface area contributed by atoms with Crippen molar-refractivity contribution in [3.05, 3.63) is 81.9 Å². The fourth-order valence-electron chi connectivity index (χ4n) is 4.99. The molecule has 0 atom stereocenters. The topological polar surface area (TPSA) is 120 Å². The first-order valence-electron chi connectivity index (χ1n) is 13.1. The number of anilines is 2. The van der Waals surface area contributed by atoms with E-state index in [-0.39, 0.29) is 53.3 Å². The van der Waals surface area contributed by atoms with Gasteiger partial charge in [0.25, 0.3) is 5.91 Å². The Morgan fingerprint density at radius 2 is 2.05 bits per heavy atom. The standard InChI is InChI=1S/C29H26ClFN4O6S/c1-39-15-20-10-23-28(27(31)26(20)30)35(6-7-41-23)25-5-4-18-13-32-21(12-22(18)34-25)14-33-29(36)17-2-3-19-16-40-8-9-42(37,38)24(19)11-17/h2-5,10-13H,6-9,14-16H2,1H3,(H,33,36). The number of hydrogen-bond donors (Lipinski definition) is 1. The summed E-state index contributed by atoms with van der Waals surface area (Å²) < 4.78 is 56.8. The Labute approximate surface area is 246 Å². The quantitative estimate of drug-likeness (QED) is 0.339. The molecule has 4 aromatic rings. The molecular formula is C29H26ClFN4O6S. The van der Waals surface area contributed by atoms with Crippen LogP contribution >= 0.6 is 11.6 Å². The smallest absolute Gasteiger partial charge is 0.251 e. The Kier molecular flexibility index (Phi) is 7.71. The molecule has 0 spiro atoms. The van der Waals surface area contributed by atoms with Crippen molar-refractivity contribution in [1.29, 1.82) is 0 Å². The third-order valence-corrected chi connectivity index (χ3v) is 9.27. The molecule has 2 aliphatic heterocycles. The van der Waals surface area contributed by atoms with Crippen LogP contribution in [0.15, 0.2) is 53.6 Å². The van der Waals surface area contributed by atoms with Gasteiger partial charge in [-0.2, -0.15) is 0 Å². The highest BCUT2D eigenvalue weighted by atomic mass is 35.5. The maximum Gasteiger partial charge on any atom is 0.251 e. The van der Waals surface area contributed by atoms with Crippen LogP contribution in [0.3, 0.4) is 0 Å². The molecule has 4 heterocycles. The van der Waals surface area contributed by atoms with Gasteiger partial charge in [0.15, 0.2) is 15.7 Å². The second-order valence-electron chi connectivity index (χ2n) is 9.86. The van der Waals surface area contributed by atoms with Crippen LogP contribution in [0.1, 0.15) is 27.2 Å². The molecule has 13 heteroatoms.